The lowest BCUT2D eigenvalue weighted by molar-refractivity contribution is -0.137. The first-order valence-corrected chi connectivity index (χ1v) is 21.2. The Morgan fingerprint density at radius 3 is 2.36 bits per heavy atom. The molecule has 1 fully saturated rings. The van der Waals surface area contributed by atoms with Crippen molar-refractivity contribution in [2.24, 2.45) is 5.41 Å². The van der Waals surface area contributed by atoms with Crippen molar-refractivity contribution in [1.82, 2.24) is 30.2 Å². The van der Waals surface area contributed by atoms with Gasteiger partial charge in [-0.25, -0.2) is 28.6 Å². The number of aliphatic hydroxyl groups excluding tert-OH is 2. The second-order valence-corrected chi connectivity index (χ2v) is 17.5. The number of nitrogens with one attached hydrogen (secondary N) is 2. The number of nitrogens with two attached hydrogens (primary N) is 1. The van der Waals surface area contributed by atoms with E-state index in [0.29, 0.717) is 11.8 Å². The lowest BCUT2D eigenvalue weighted by atomic mass is 9.87. The number of amides is 2. The summed E-state index contributed by atoms with van der Waals surface area (Å²) in [6.07, 6.45) is -6.80. The van der Waals surface area contributed by atoms with Gasteiger partial charge in [0.25, 0.3) is 0 Å². The molecular weight excluding hydrogens is 827 g/mol. The molecule has 55 heavy (non-hydrogen) atoms. The highest BCUT2D eigenvalue weighted by molar-refractivity contribution is 8.14. The van der Waals surface area contributed by atoms with Gasteiger partial charge >= 0.3 is 29.4 Å². The molecule has 30 heteroatoms. The maximum absolute atomic E-state index is 12.6. The lowest BCUT2D eigenvalue weighted by Crippen LogP contribution is -2.46. The fourth-order valence-electron chi connectivity index (χ4n) is 4.61. The molecule has 0 saturated carbocycles. The molecule has 1 aliphatic heterocycles. The van der Waals surface area contributed by atoms with Crippen molar-refractivity contribution < 1.29 is 90.4 Å². The summed E-state index contributed by atoms with van der Waals surface area (Å²) in [4.78, 5) is 97.3. The van der Waals surface area contributed by atoms with E-state index >= 15 is 0 Å². The average Bonchev–Trinajstić information content (AvgIpc) is 3.63. The van der Waals surface area contributed by atoms with Crippen molar-refractivity contribution in [3.63, 3.8) is 0 Å². The van der Waals surface area contributed by atoms with Crippen LogP contribution in [0.5, 0.6) is 0 Å². The van der Waals surface area contributed by atoms with E-state index < -0.39 is 90.5 Å². The molecule has 0 radical (unpaired) electrons. The van der Waals surface area contributed by atoms with Gasteiger partial charge in [-0.2, -0.15) is 4.31 Å². The molecule has 310 valence electrons. The topological polar surface area (TPSA) is 401 Å². The number of carboxylic acids is 1. The number of nitrogen functional groups attached to an aromatic ring is 1. The molecule has 2 amide bonds. The SMILES string of the molecule is CC(C)(COP(=O)(O)OP(=O)(O)OC[C@H]1O[C@@H](n2cnc3c(N)ncnc32)[C@H](O)[C@@H]1OP(=O)(O)O)[C@@H](O)C(=O)NCCC(=O)NCCCC(=O)SCC(=O)O. The standard InChI is InChI=1S/C25H40N7O19P3S/c1-25(2,20(38)23(39)28-7-5-14(33)27-6-3-4-16(36)55-9-15(34)35)10-48-54(45,46)51-53(43,44)47-8-13-19(50-52(40,41)42)18(37)24(49-13)32-12-31-17-21(26)29-11-30-22(17)32/h11-13,18-20,24,37-38H,3-10H2,1-2H3,(H,27,33)(H,28,39)(H,34,35)(H,43,44)(H,45,46)(H2,26,29,30)(H2,40,41,42)/t13-,18-,19-,20+,24-/m1/s1. The minimum Gasteiger partial charge on any atom is -0.481 e. The Morgan fingerprint density at radius 1 is 1.04 bits per heavy atom. The predicted molar refractivity (Wildman–Crippen MR) is 184 cm³/mol. The highest BCUT2D eigenvalue weighted by atomic mass is 32.2. The highest BCUT2D eigenvalue weighted by Crippen LogP contribution is 2.61. The number of carbonyl (C=O) groups is 4. The second-order valence-electron chi connectivity index (χ2n) is 12.2. The summed E-state index contributed by atoms with van der Waals surface area (Å²) >= 11 is 0.640. The molecule has 1 saturated heterocycles. The number of carbonyl (C=O) groups excluding carboxylic acids is 3. The molecule has 1 aliphatic rings. The van der Waals surface area contributed by atoms with E-state index in [1.807, 2.05) is 0 Å². The van der Waals surface area contributed by atoms with Crippen LogP contribution in [0.3, 0.4) is 0 Å². The predicted octanol–water partition coefficient (Wildman–Crippen LogP) is -1.47. The van der Waals surface area contributed by atoms with Crippen LogP contribution in [0.2, 0.25) is 0 Å². The second kappa shape index (κ2) is 19.5. The van der Waals surface area contributed by atoms with Gasteiger partial charge in [0.2, 0.25) is 11.8 Å². The quantitative estimate of drug-likeness (QED) is 0.0477. The Labute approximate surface area is 314 Å². The number of anilines is 1. The Balaban J connectivity index is 1.49. The number of thioether (sulfide) groups is 1. The third-order valence-corrected chi connectivity index (χ3v) is 11.3. The van der Waals surface area contributed by atoms with Crippen LogP contribution in [0.15, 0.2) is 12.7 Å². The number of aliphatic hydroxyl groups is 2. The molecule has 0 spiro atoms. The molecule has 0 aliphatic carbocycles. The third kappa shape index (κ3) is 14.5. The van der Waals surface area contributed by atoms with Gasteiger partial charge in [0, 0.05) is 31.3 Å². The van der Waals surface area contributed by atoms with E-state index in [9.17, 15) is 62.7 Å². The average molecular weight is 868 g/mol. The van der Waals surface area contributed by atoms with Gasteiger partial charge in [-0.05, 0) is 6.42 Å². The van der Waals surface area contributed by atoms with Gasteiger partial charge < -0.3 is 56.0 Å². The fraction of sp³-hybridized carbons (Fsp3) is 0.640. The van der Waals surface area contributed by atoms with Crippen LogP contribution in [0.25, 0.3) is 11.2 Å². The van der Waals surface area contributed by atoms with Gasteiger partial charge in [-0.1, -0.05) is 25.6 Å². The van der Waals surface area contributed by atoms with Crippen LogP contribution < -0.4 is 16.4 Å². The molecule has 2 aromatic heterocycles. The number of nitrogens with zero attached hydrogens (tertiary/aromatic N) is 4. The van der Waals surface area contributed by atoms with Crippen LogP contribution >= 0.6 is 35.2 Å². The number of hydrogen-bond donors (Lipinski definition) is 10. The fourth-order valence-corrected chi connectivity index (χ4v) is 8.02. The van der Waals surface area contributed by atoms with Crippen LogP contribution in [0, 0.1) is 5.41 Å². The normalized spacial score (nSPS) is 21.7. The largest absolute Gasteiger partial charge is 0.481 e. The Morgan fingerprint density at radius 2 is 1.71 bits per heavy atom. The number of aliphatic carboxylic acids is 1. The zero-order valence-electron chi connectivity index (χ0n) is 28.8. The summed E-state index contributed by atoms with van der Waals surface area (Å²) in [6, 6.07) is 0. The number of fused-ring (bicyclic) bond motifs is 1. The summed E-state index contributed by atoms with van der Waals surface area (Å²) in [7, 11) is -16.4. The van der Waals surface area contributed by atoms with Crippen molar-refractivity contribution in [2.75, 3.05) is 37.8 Å². The molecule has 0 aromatic carbocycles. The zero-order valence-corrected chi connectivity index (χ0v) is 32.3. The molecular formula is C25H40N7O19P3S. The van der Waals surface area contributed by atoms with Crippen molar-refractivity contribution >= 4 is 75.1 Å². The van der Waals surface area contributed by atoms with E-state index in [1.165, 1.54) is 13.8 Å². The van der Waals surface area contributed by atoms with Gasteiger partial charge in [-0.3, -0.25) is 37.3 Å². The Kier molecular flexibility index (Phi) is 16.4. The van der Waals surface area contributed by atoms with Gasteiger partial charge in [0.15, 0.2) is 22.8 Å². The Hall–Kier alpha value is -2.97. The smallest absolute Gasteiger partial charge is 0.481 e. The van der Waals surface area contributed by atoms with E-state index in [0.717, 1.165) is 17.2 Å². The first kappa shape index (κ1) is 46.4. The van der Waals surface area contributed by atoms with Crippen molar-refractivity contribution in [3.8, 4) is 0 Å². The van der Waals surface area contributed by atoms with Gasteiger partial charge in [0.1, 0.15) is 36.3 Å². The molecule has 26 nitrogen and oxygen atoms in total. The van der Waals surface area contributed by atoms with E-state index in [2.05, 4.69) is 34.4 Å². The van der Waals surface area contributed by atoms with Crippen LogP contribution in [-0.4, -0.2) is 134 Å². The van der Waals surface area contributed by atoms with Crippen LogP contribution in [-0.2, 0) is 55.5 Å². The number of ether oxygens (including phenoxy) is 1. The summed E-state index contributed by atoms with van der Waals surface area (Å²) in [5, 5.41) is 34.4. The number of rotatable bonds is 22. The van der Waals surface area contributed by atoms with Crippen LogP contribution in [0.1, 0.15) is 39.3 Å². The maximum atomic E-state index is 12.6. The zero-order chi connectivity index (χ0) is 41.4. The number of imidazole rings is 1. The third-order valence-electron chi connectivity index (χ3n) is 7.31. The summed E-state index contributed by atoms with van der Waals surface area (Å²) < 4.78 is 61.9. The molecule has 11 N–H and O–H groups in total. The number of hydrogen-bond acceptors (Lipinski definition) is 19. The number of phosphoric acid groups is 3. The molecule has 2 aromatic rings. The molecule has 3 heterocycles. The monoisotopic (exact) mass is 867 g/mol. The maximum Gasteiger partial charge on any atom is 0.481 e. The van der Waals surface area contributed by atoms with Crippen molar-refractivity contribution in [2.45, 2.75) is 63.8 Å². The molecule has 3 rings (SSSR count). The molecule has 2 unspecified atom stereocenters. The summed E-state index contributed by atoms with van der Waals surface area (Å²) in [6.45, 7) is 0.241. The van der Waals surface area contributed by atoms with Crippen molar-refractivity contribution in [3.05, 3.63) is 12.7 Å². The molecule has 7 atom stereocenters. The minimum absolute atomic E-state index is 0.0198. The van der Waals surface area contributed by atoms with E-state index in [-0.39, 0.29) is 60.2 Å². The van der Waals surface area contributed by atoms with Crippen molar-refractivity contribution in [1.29, 1.82) is 0 Å². The van der Waals surface area contributed by atoms with E-state index in [1.54, 1.807) is 0 Å². The number of carboxylic acid groups (broad SMARTS) is 1. The lowest BCUT2D eigenvalue weighted by Gasteiger charge is -2.30. The summed E-state index contributed by atoms with van der Waals surface area (Å²) in [5.41, 5.74) is 4.20. The van der Waals surface area contributed by atoms with E-state index in [4.69, 9.17) is 24.6 Å². The highest BCUT2D eigenvalue weighted by Gasteiger charge is 2.50. The number of phosphoric ester groups is 3. The van der Waals surface area contributed by atoms with Crippen LogP contribution in [0.4, 0.5) is 5.82 Å². The van der Waals surface area contributed by atoms with Gasteiger partial charge in [-0.15, -0.1) is 0 Å². The summed E-state index contributed by atoms with van der Waals surface area (Å²) in [5.74, 6) is -3.09. The minimum atomic E-state index is -5.59. The van der Waals surface area contributed by atoms with Gasteiger partial charge in [0.05, 0.1) is 25.3 Å². The first-order chi connectivity index (χ1) is 25.4. The first-order valence-electron chi connectivity index (χ1n) is 15.7. The number of aromatic nitrogens is 4. The molecule has 0 bridgehead atoms. The Bertz CT molecular complexity index is 1850.